The zero-order chi connectivity index (χ0) is 14.4. The molecule has 0 saturated heterocycles. The quantitative estimate of drug-likeness (QED) is 0.480. The van der Waals surface area contributed by atoms with Crippen molar-refractivity contribution in [3.05, 3.63) is 11.6 Å². The summed E-state index contributed by atoms with van der Waals surface area (Å²) in [6.07, 6.45) is -4.90. The van der Waals surface area contributed by atoms with E-state index in [2.05, 4.69) is 8.75 Å². The minimum absolute atomic E-state index is 0.212. The molecule has 12 heteroatoms. The molecule has 2 aromatic rings. The first-order valence-corrected chi connectivity index (χ1v) is 5.55. The van der Waals surface area contributed by atoms with E-state index >= 15 is 0 Å². The molecule has 0 aliphatic heterocycles. The Hall–Kier alpha value is -1.20. The second-order valence-electron chi connectivity index (χ2n) is 3.63. The zero-order valence-electron chi connectivity index (χ0n) is 8.96. The van der Waals surface area contributed by atoms with Gasteiger partial charge < -0.3 is 20.1 Å². The molecule has 100 valence electrons. The SMILES string of the molecule is OB(O)c1cc(C(F)(F)F)c(B(O)O)c2nsnc12. The standard InChI is InChI=1S/C7H5B2F3N2O4S/c10-7(11,12)2-1-3(8(15)16)5-6(14-19-13-5)4(2)9(17)18/h1,15-18H. The molecule has 6 nitrogen and oxygen atoms in total. The van der Waals surface area contributed by atoms with Crippen molar-refractivity contribution in [3.8, 4) is 0 Å². The van der Waals surface area contributed by atoms with Crippen LogP contribution < -0.4 is 10.9 Å². The van der Waals surface area contributed by atoms with E-state index in [0.29, 0.717) is 17.8 Å². The van der Waals surface area contributed by atoms with Gasteiger partial charge in [-0.15, -0.1) is 0 Å². The van der Waals surface area contributed by atoms with E-state index in [9.17, 15) is 13.2 Å². The highest BCUT2D eigenvalue weighted by Gasteiger charge is 2.40. The van der Waals surface area contributed by atoms with Gasteiger partial charge in [-0.2, -0.15) is 21.9 Å². The summed E-state index contributed by atoms with van der Waals surface area (Å²) in [6, 6.07) is 0.420. The number of aromatic nitrogens is 2. The van der Waals surface area contributed by atoms with Gasteiger partial charge in [0.25, 0.3) is 0 Å². The van der Waals surface area contributed by atoms with Gasteiger partial charge >= 0.3 is 20.4 Å². The van der Waals surface area contributed by atoms with Crippen LogP contribution in [0.15, 0.2) is 6.07 Å². The zero-order valence-corrected chi connectivity index (χ0v) is 9.77. The fraction of sp³-hybridized carbons (Fsp3) is 0.143. The lowest BCUT2D eigenvalue weighted by molar-refractivity contribution is -0.136. The summed E-state index contributed by atoms with van der Waals surface area (Å²) in [5, 5.41) is 36.3. The average molecular weight is 292 g/mol. The molecule has 0 fully saturated rings. The summed E-state index contributed by atoms with van der Waals surface area (Å²) in [7, 11) is -4.59. The minimum atomic E-state index is -4.90. The van der Waals surface area contributed by atoms with Gasteiger partial charge in [-0.1, -0.05) is 0 Å². The number of fused-ring (bicyclic) bond motifs is 1. The van der Waals surface area contributed by atoms with Crippen molar-refractivity contribution >= 4 is 47.9 Å². The highest BCUT2D eigenvalue weighted by atomic mass is 32.1. The van der Waals surface area contributed by atoms with E-state index in [1.54, 1.807) is 0 Å². The summed E-state index contributed by atoms with van der Waals surface area (Å²) >= 11 is 0.524. The first-order valence-electron chi connectivity index (χ1n) is 4.82. The molecule has 0 aliphatic rings. The molecule has 1 aromatic heterocycles. The Morgan fingerprint density at radius 3 is 2.05 bits per heavy atom. The summed E-state index contributed by atoms with van der Waals surface area (Å²) in [6.45, 7) is 0. The molecule has 0 aliphatic carbocycles. The van der Waals surface area contributed by atoms with Gasteiger partial charge in [0.1, 0.15) is 11.0 Å². The average Bonchev–Trinajstić information content (AvgIpc) is 2.72. The van der Waals surface area contributed by atoms with Crippen LogP contribution in [0.1, 0.15) is 5.56 Å². The fourth-order valence-electron chi connectivity index (χ4n) is 1.68. The van der Waals surface area contributed by atoms with E-state index in [1.807, 2.05) is 0 Å². The van der Waals surface area contributed by atoms with Crippen LogP contribution in [0.4, 0.5) is 13.2 Å². The number of alkyl halides is 3. The van der Waals surface area contributed by atoms with Crippen molar-refractivity contribution in [1.82, 2.24) is 8.75 Å². The highest BCUT2D eigenvalue weighted by Crippen LogP contribution is 2.29. The Bertz CT molecular complexity index is 618. The highest BCUT2D eigenvalue weighted by molar-refractivity contribution is 7.00. The number of benzene rings is 1. The van der Waals surface area contributed by atoms with Crippen LogP contribution in [-0.2, 0) is 6.18 Å². The molecule has 19 heavy (non-hydrogen) atoms. The fourth-order valence-corrected chi connectivity index (χ4v) is 2.26. The Morgan fingerprint density at radius 2 is 1.58 bits per heavy atom. The van der Waals surface area contributed by atoms with Gasteiger partial charge in [0.2, 0.25) is 0 Å². The molecule has 0 unspecified atom stereocenters. The minimum Gasteiger partial charge on any atom is -0.423 e. The maximum absolute atomic E-state index is 12.9. The smallest absolute Gasteiger partial charge is 0.423 e. The van der Waals surface area contributed by atoms with Gasteiger partial charge in [0.05, 0.1) is 17.3 Å². The van der Waals surface area contributed by atoms with E-state index in [4.69, 9.17) is 20.1 Å². The van der Waals surface area contributed by atoms with Crippen LogP contribution in [0.5, 0.6) is 0 Å². The van der Waals surface area contributed by atoms with Gasteiger partial charge in [0, 0.05) is 10.9 Å². The normalized spacial score (nSPS) is 11.9. The lowest BCUT2D eigenvalue weighted by Crippen LogP contribution is -2.41. The summed E-state index contributed by atoms with van der Waals surface area (Å²) in [4.78, 5) is 0. The predicted molar refractivity (Wildman–Crippen MR) is 62.1 cm³/mol. The number of halogens is 3. The van der Waals surface area contributed by atoms with Gasteiger partial charge in [0.15, 0.2) is 0 Å². The van der Waals surface area contributed by atoms with Crippen LogP contribution in [0.2, 0.25) is 0 Å². The first-order chi connectivity index (χ1) is 8.73. The molecule has 0 bridgehead atoms. The largest absolute Gasteiger partial charge is 0.491 e. The molecule has 0 spiro atoms. The van der Waals surface area contributed by atoms with E-state index in [-0.39, 0.29) is 5.52 Å². The van der Waals surface area contributed by atoms with Crippen molar-refractivity contribution in [3.63, 3.8) is 0 Å². The van der Waals surface area contributed by atoms with Crippen LogP contribution in [0.25, 0.3) is 11.0 Å². The van der Waals surface area contributed by atoms with Crippen molar-refractivity contribution in [2.45, 2.75) is 6.18 Å². The lowest BCUT2D eigenvalue weighted by Gasteiger charge is -2.14. The van der Waals surface area contributed by atoms with Crippen LogP contribution in [-0.4, -0.2) is 43.1 Å². The molecule has 0 saturated carbocycles. The van der Waals surface area contributed by atoms with Crippen molar-refractivity contribution in [2.24, 2.45) is 0 Å². The van der Waals surface area contributed by atoms with E-state index in [1.165, 1.54) is 0 Å². The van der Waals surface area contributed by atoms with Crippen LogP contribution in [0.3, 0.4) is 0 Å². The van der Waals surface area contributed by atoms with Gasteiger partial charge in [-0.25, -0.2) is 0 Å². The Morgan fingerprint density at radius 1 is 1.00 bits per heavy atom. The second-order valence-corrected chi connectivity index (χ2v) is 4.16. The van der Waals surface area contributed by atoms with Crippen molar-refractivity contribution in [1.29, 1.82) is 0 Å². The third-order valence-electron chi connectivity index (χ3n) is 2.45. The summed E-state index contributed by atoms with van der Waals surface area (Å²) < 4.78 is 45.7. The maximum atomic E-state index is 12.9. The number of nitrogens with zero attached hydrogens (tertiary/aromatic N) is 2. The molecular weight excluding hydrogens is 287 g/mol. The maximum Gasteiger partial charge on any atom is 0.491 e. The van der Waals surface area contributed by atoms with Crippen molar-refractivity contribution < 1.29 is 33.3 Å². The van der Waals surface area contributed by atoms with Gasteiger partial charge in [-0.3, -0.25) is 0 Å². The molecular formula is C7H5B2F3N2O4S. The Labute approximate surface area is 108 Å². The molecule has 0 atom stereocenters. The molecule has 0 amide bonds. The Balaban J connectivity index is 2.89. The Kier molecular flexibility index (Phi) is 3.53. The second kappa shape index (κ2) is 4.72. The summed E-state index contributed by atoms with van der Waals surface area (Å²) in [5.41, 5.74) is -3.39. The molecule has 1 aromatic carbocycles. The van der Waals surface area contributed by atoms with Gasteiger partial charge in [-0.05, 0) is 6.07 Å². The molecule has 4 N–H and O–H groups in total. The monoisotopic (exact) mass is 292 g/mol. The summed E-state index contributed by atoms with van der Waals surface area (Å²) in [5.74, 6) is 0. The number of hydrogen-bond donors (Lipinski definition) is 4. The lowest BCUT2D eigenvalue weighted by atomic mass is 9.70. The van der Waals surface area contributed by atoms with E-state index in [0.717, 1.165) is 0 Å². The first kappa shape index (κ1) is 14.2. The van der Waals surface area contributed by atoms with Crippen LogP contribution >= 0.6 is 11.7 Å². The topological polar surface area (TPSA) is 107 Å². The number of rotatable bonds is 2. The number of hydrogen-bond acceptors (Lipinski definition) is 7. The third-order valence-corrected chi connectivity index (χ3v) is 2.98. The molecule has 0 radical (unpaired) electrons. The predicted octanol–water partition coefficient (Wildman–Crippen LogP) is -1.93. The van der Waals surface area contributed by atoms with E-state index < -0.39 is 42.4 Å². The van der Waals surface area contributed by atoms with Crippen molar-refractivity contribution in [2.75, 3.05) is 0 Å². The third kappa shape index (κ3) is 2.44. The molecule has 2 rings (SSSR count). The molecule has 1 heterocycles. The van der Waals surface area contributed by atoms with Crippen LogP contribution in [0, 0.1) is 0 Å².